The Balaban J connectivity index is 2.11. The summed E-state index contributed by atoms with van der Waals surface area (Å²) in [5.41, 5.74) is 0.0926. The number of fused-ring (bicyclic) bond motifs is 1. The van der Waals surface area contributed by atoms with E-state index in [-0.39, 0.29) is 21.7 Å². The topological polar surface area (TPSA) is 82.1 Å². The third-order valence-corrected chi connectivity index (χ3v) is 3.85. The van der Waals surface area contributed by atoms with E-state index < -0.39 is 10.7 Å². The van der Waals surface area contributed by atoms with Gasteiger partial charge in [0, 0.05) is 9.92 Å². The van der Waals surface area contributed by atoms with Crippen molar-refractivity contribution >= 4 is 40.1 Å². The zero-order chi connectivity index (χ0) is 15.0. The van der Waals surface area contributed by atoms with Crippen molar-refractivity contribution in [3.05, 3.63) is 51.3 Å². The summed E-state index contributed by atoms with van der Waals surface area (Å²) in [5.74, 6) is -0.517. The molecule has 0 atom stereocenters. The largest absolute Gasteiger partial charge is 0.314 e. The molecule has 106 valence electrons. The Morgan fingerprint density at radius 2 is 2.10 bits per heavy atom. The van der Waals surface area contributed by atoms with Crippen LogP contribution in [0.2, 0.25) is 5.02 Å². The highest BCUT2D eigenvalue weighted by Gasteiger charge is 2.23. The molecular weight excluding hydrogens is 321 g/mol. The van der Waals surface area contributed by atoms with E-state index in [0.29, 0.717) is 9.79 Å². The second kappa shape index (κ2) is 5.30. The van der Waals surface area contributed by atoms with Crippen LogP contribution in [0.4, 0.5) is 10.1 Å². The maximum Gasteiger partial charge on any atom is 0.314 e. The van der Waals surface area contributed by atoms with Gasteiger partial charge in [-0.25, -0.2) is 9.02 Å². The average molecular weight is 326 g/mol. The van der Waals surface area contributed by atoms with Crippen molar-refractivity contribution in [2.75, 3.05) is 0 Å². The summed E-state index contributed by atoms with van der Waals surface area (Å²) in [4.78, 5) is 11.4. The van der Waals surface area contributed by atoms with Crippen LogP contribution in [0.5, 0.6) is 0 Å². The lowest BCUT2D eigenvalue weighted by atomic mass is 10.3. The first-order valence-electron chi connectivity index (χ1n) is 5.58. The summed E-state index contributed by atoms with van der Waals surface area (Å²) >= 11 is 6.79. The van der Waals surface area contributed by atoms with Crippen LogP contribution in [-0.2, 0) is 0 Å². The van der Waals surface area contributed by atoms with Crippen molar-refractivity contribution in [3.8, 4) is 0 Å². The van der Waals surface area contributed by atoms with Gasteiger partial charge in [-0.15, -0.1) is 0 Å². The van der Waals surface area contributed by atoms with E-state index in [0.717, 1.165) is 17.8 Å². The standard InChI is InChI=1S/C12H5ClFN3O3S/c13-6-3-7(14)5-8(4-6)21-10-2-1-9-11(16-20-15-9)12(10)17(18)19/h1-5H. The number of aromatic nitrogens is 2. The highest BCUT2D eigenvalue weighted by molar-refractivity contribution is 7.99. The average Bonchev–Trinajstić information content (AvgIpc) is 2.84. The summed E-state index contributed by atoms with van der Waals surface area (Å²) in [7, 11) is 0. The van der Waals surface area contributed by atoms with Gasteiger partial charge >= 0.3 is 5.69 Å². The number of nitro benzene ring substituents is 1. The van der Waals surface area contributed by atoms with Crippen molar-refractivity contribution in [3.63, 3.8) is 0 Å². The van der Waals surface area contributed by atoms with E-state index in [1.807, 2.05) is 0 Å². The number of hydrogen-bond donors (Lipinski definition) is 0. The monoisotopic (exact) mass is 325 g/mol. The molecule has 6 nitrogen and oxygen atoms in total. The van der Waals surface area contributed by atoms with E-state index in [1.54, 1.807) is 6.07 Å². The first-order valence-corrected chi connectivity index (χ1v) is 6.77. The van der Waals surface area contributed by atoms with E-state index in [1.165, 1.54) is 18.2 Å². The summed E-state index contributed by atoms with van der Waals surface area (Å²) in [6.07, 6.45) is 0. The Kier molecular flexibility index (Phi) is 3.48. The van der Waals surface area contributed by atoms with Crippen LogP contribution in [0.25, 0.3) is 11.0 Å². The maximum absolute atomic E-state index is 13.3. The molecule has 1 aromatic heterocycles. The molecule has 0 aliphatic rings. The van der Waals surface area contributed by atoms with Gasteiger partial charge in [0.15, 0.2) is 0 Å². The van der Waals surface area contributed by atoms with E-state index in [4.69, 9.17) is 11.6 Å². The Labute approximate surface area is 126 Å². The molecule has 0 saturated carbocycles. The van der Waals surface area contributed by atoms with Crippen LogP contribution in [0.15, 0.2) is 44.8 Å². The molecule has 0 aliphatic heterocycles. The molecule has 0 saturated heterocycles. The molecule has 0 amide bonds. The Morgan fingerprint density at radius 1 is 1.29 bits per heavy atom. The number of hydrogen-bond acceptors (Lipinski definition) is 6. The molecular formula is C12H5ClFN3O3S. The molecule has 1 heterocycles. The first-order chi connectivity index (χ1) is 10.0. The fourth-order valence-electron chi connectivity index (χ4n) is 1.79. The zero-order valence-electron chi connectivity index (χ0n) is 10.1. The molecule has 0 N–H and O–H groups in total. The second-order valence-electron chi connectivity index (χ2n) is 4.01. The molecule has 0 aliphatic carbocycles. The van der Waals surface area contributed by atoms with Crippen molar-refractivity contribution in [1.29, 1.82) is 0 Å². The molecule has 0 fully saturated rings. The molecule has 0 radical (unpaired) electrons. The molecule has 0 spiro atoms. The molecule has 21 heavy (non-hydrogen) atoms. The Hall–Kier alpha value is -2.19. The minimum atomic E-state index is -0.574. The smallest absolute Gasteiger partial charge is 0.258 e. The first kappa shape index (κ1) is 13.8. The predicted octanol–water partition coefficient (Wildman–Crippen LogP) is 4.07. The van der Waals surface area contributed by atoms with Crippen LogP contribution in [0, 0.1) is 15.9 Å². The number of rotatable bonds is 3. The van der Waals surface area contributed by atoms with Crippen LogP contribution >= 0.6 is 23.4 Å². The molecule has 3 rings (SSSR count). The van der Waals surface area contributed by atoms with Crippen molar-refractivity contribution < 1.29 is 13.9 Å². The fraction of sp³-hybridized carbons (Fsp3) is 0. The van der Waals surface area contributed by atoms with Gasteiger partial charge in [-0.1, -0.05) is 23.4 Å². The lowest BCUT2D eigenvalue weighted by Crippen LogP contribution is -1.92. The highest BCUT2D eigenvalue weighted by Crippen LogP contribution is 2.39. The fourth-order valence-corrected chi connectivity index (χ4v) is 3.09. The van der Waals surface area contributed by atoms with E-state index >= 15 is 0 Å². The number of benzene rings is 2. The van der Waals surface area contributed by atoms with Crippen molar-refractivity contribution in [2.24, 2.45) is 0 Å². The van der Waals surface area contributed by atoms with E-state index in [2.05, 4.69) is 14.9 Å². The Bertz CT molecular complexity index is 835. The van der Waals surface area contributed by atoms with E-state index in [9.17, 15) is 14.5 Å². The number of halogens is 2. The molecule has 0 bridgehead atoms. The van der Waals surface area contributed by atoms with Gasteiger partial charge in [-0.05, 0) is 40.6 Å². The highest BCUT2D eigenvalue weighted by atomic mass is 35.5. The third-order valence-electron chi connectivity index (χ3n) is 2.61. The quantitative estimate of drug-likeness (QED) is 0.533. The molecule has 2 aromatic carbocycles. The summed E-state index contributed by atoms with van der Waals surface area (Å²) < 4.78 is 17.8. The third kappa shape index (κ3) is 2.67. The number of nitrogens with zero attached hydrogens (tertiary/aromatic N) is 3. The Morgan fingerprint density at radius 3 is 2.81 bits per heavy atom. The lowest BCUT2D eigenvalue weighted by molar-refractivity contribution is -0.386. The summed E-state index contributed by atoms with van der Waals surface area (Å²) in [5, 5.41) is 18.5. The minimum Gasteiger partial charge on any atom is -0.258 e. The minimum absolute atomic E-state index is 0.0486. The van der Waals surface area contributed by atoms with Gasteiger partial charge in [0.05, 0.1) is 9.82 Å². The molecule has 0 unspecified atom stereocenters. The van der Waals surface area contributed by atoms with Crippen LogP contribution in [-0.4, -0.2) is 15.2 Å². The van der Waals surface area contributed by atoms with Crippen LogP contribution < -0.4 is 0 Å². The number of nitro groups is 1. The SMILES string of the molecule is O=[N+]([O-])c1c(Sc2cc(F)cc(Cl)c2)ccc2nonc12. The van der Waals surface area contributed by atoms with Gasteiger partial charge in [-0.3, -0.25) is 10.1 Å². The second-order valence-corrected chi connectivity index (χ2v) is 5.56. The van der Waals surface area contributed by atoms with Crippen LogP contribution in [0.3, 0.4) is 0 Å². The lowest BCUT2D eigenvalue weighted by Gasteiger charge is -2.04. The summed E-state index contributed by atoms with van der Waals surface area (Å²) in [6.45, 7) is 0. The van der Waals surface area contributed by atoms with Crippen LogP contribution in [0.1, 0.15) is 0 Å². The van der Waals surface area contributed by atoms with Gasteiger partial charge in [0.2, 0.25) is 5.52 Å². The molecule has 3 aromatic rings. The summed E-state index contributed by atoms with van der Waals surface area (Å²) in [6, 6.07) is 6.97. The predicted molar refractivity (Wildman–Crippen MR) is 74.0 cm³/mol. The van der Waals surface area contributed by atoms with Gasteiger partial charge in [0.25, 0.3) is 0 Å². The molecule has 9 heteroatoms. The van der Waals surface area contributed by atoms with Gasteiger partial charge in [-0.2, -0.15) is 0 Å². The normalized spacial score (nSPS) is 11.0. The van der Waals surface area contributed by atoms with Gasteiger partial charge < -0.3 is 0 Å². The van der Waals surface area contributed by atoms with Crippen molar-refractivity contribution in [1.82, 2.24) is 10.3 Å². The van der Waals surface area contributed by atoms with Gasteiger partial charge in [0.1, 0.15) is 11.3 Å². The zero-order valence-corrected chi connectivity index (χ0v) is 11.7. The maximum atomic E-state index is 13.3. The van der Waals surface area contributed by atoms with Crippen molar-refractivity contribution in [2.45, 2.75) is 9.79 Å².